The molecule has 1 atom stereocenters. The number of halogens is 1. The molecule has 0 aliphatic heterocycles. The Morgan fingerprint density at radius 2 is 2.10 bits per heavy atom. The maximum Gasteiger partial charge on any atom is 0.0519 e. The van der Waals surface area contributed by atoms with Gasteiger partial charge >= 0.3 is 0 Å². The van der Waals surface area contributed by atoms with Crippen LogP contribution in [0.1, 0.15) is 29.2 Å². The fraction of sp³-hybridized carbons (Fsp3) is 0.333. The Bertz CT molecular complexity index is 626. The van der Waals surface area contributed by atoms with Gasteiger partial charge in [-0.25, -0.2) is 0 Å². The first-order valence-electron chi connectivity index (χ1n) is 7.39. The van der Waals surface area contributed by atoms with Gasteiger partial charge in [-0.05, 0) is 54.2 Å². The van der Waals surface area contributed by atoms with Crippen LogP contribution in [0, 0.1) is 0 Å². The number of fused-ring (bicyclic) bond motifs is 1. The fourth-order valence-corrected chi connectivity index (χ4v) is 3.42. The van der Waals surface area contributed by atoms with Crippen LogP contribution in [0.2, 0.25) is 0 Å². The van der Waals surface area contributed by atoms with Crippen LogP contribution in [0.4, 0.5) is 5.69 Å². The molecule has 0 amide bonds. The normalized spacial score (nSPS) is 16.8. The minimum atomic E-state index is 0.414. The molecule has 21 heavy (non-hydrogen) atoms. The average molecular weight is 346 g/mol. The lowest BCUT2D eigenvalue weighted by molar-refractivity contribution is 0.202. The summed E-state index contributed by atoms with van der Waals surface area (Å²) in [6.07, 6.45) is 3.25. The van der Waals surface area contributed by atoms with E-state index in [2.05, 4.69) is 63.7 Å². The summed E-state index contributed by atoms with van der Waals surface area (Å²) >= 11 is 3.56. The Morgan fingerprint density at radius 3 is 2.95 bits per heavy atom. The standard InChI is InChI=1S/C18H20BrNO/c1-21-11-10-13-4-2-3-5-17(13)20-18-9-6-14-12-15(19)7-8-16(14)18/h2-5,7-8,12,18,20H,6,9-11H2,1H3. The van der Waals surface area contributed by atoms with Crippen LogP contribution in [0.3, 0.4) is 0 Å². The number of nitrogens with one attached hydrogen (secondary N) is 1. The predicted octanol–water partition coefficient (Wildman–Crippen LogP) is 4.74. The van der Waals surface area contributed by atoms with E-state index < -0.39 is 0 Å². The van der Waals surface area contributed by atoms with Crippen molar-refractivity contribution in [2.24, 2.45) is 0 Å². The molecule has 1 aliphatic rings. The van der Waals surface area contributed by atoms with E-state index in [1.807, 2.05) is 0 Å². The topological polar surface area (TPSA) is 21.3 Å². The molecule has 0 spiro atoms. The first kappa shape index (κ1) is 14.6. The number of para-hydroxylation sites is 1. The summed E-state index contributed by atoms with van der Waals surface area (Å²) in [4.78, 5) is 0. The minimum absolute atomic E-state index is 0.414. The van der Waals surface area contributed by atoms with Crippen molar-refractivity contribution in [3.8, 4) is 0 Å². The van der Waals surface area contributed by atoms with Crippen molar-refractivity contribution in [1.82, 2.24) is 0 Å². The summed E-state index contributed by atoms with van der Waals surface area (Å²) in [5, 5.41) is 3.72. The highest BCUT2D eigenvalue weighted by Gasteiger charge is 2.22. The van der Waals surface area contributed by atoms with Crippen LogP contribution in [-0.4, -0.2) is 13.7 Å². The van der Waals surface area contributed by atoms with Gasteiger partial charge in [0.15, 0.2) is 0 Å². The summed E-state index contributed by atoms with van der Waals surface area (Å²) in [5.74, 6) is 0. The number of benzene rings is 2. The van der Waals surface area contributed by atoms with Crippen molar-refractivity contribution in [2.45, 2.75) is 25.3 Å². The van der Waals surface area contributed by atoms with Gasteiger partial charge in [0.1, 0.15) is 0 Å². The summed E-state index contributed by atoms with van der Waals surface area (Å²) in [6.45, 7) is 0.757. The lowest BCUT2D eigenvalue weighted by Gasteiger charge is -2.18. The summed E-state index contributed by atoms with van der Waals surface area (Å²) in [7, 11) is 1.75. The molecule has 0 saturated carbocycles. The van der Waals surface area contributed by atoms with Gasteiger partial charge in [0.2, 0.25) is 0 Å². The molecule has 1 aliphatic carbocycles. The third-order valence-corrected chi connectivity index (χ3v) is 4.60. The Morgan fingerprint density at radius 1 is 1.24 bits per heavy atom. The van der Waals surface area contributed by atoms with E-state index in [0.717, 1.165) is 25.9 Å². The van der Waals surface area contributed by atoms with E-state index in [0.29, 0.717) is 6.04 Å². The van der Waals surface area contributed by atoms with Gasteiger partial charge in [0, 0.05) is 17.3 Å². The second kappa shape index (κ2) is 6.63. The number of hydrogen-bond acceptors (Lipinski definition) is 2. The molecule has 2 aromatic rings. The van der Waals surface area contributed by atoms with Crippen LogP contribution >= 0.6 is 15.9 Å². The number of hydrogen-bond donors (Lipinski definition) is 1. The van der Waals surface area contributed by atoms with E-state index in [-0.39, 0.29) is 0 Å². The number of ether oxygens (including phenoxy) is 1. The summed E-state index contributed by atoms with van der Waals surface area (Å²) < 4.78 is 6.38. The molecule has 2 nitrogen and oxygen atoms in total. The van der Waals surface area contributed by atoms with Gasteiger partial charge in [0.25, 0.3) is 0 Å². The van der Waals surface area contributed by atoms with Gasteiger partial charge in [-0.3, -0.25) is 0 Å². The van der Waals surface area contributed by atoms with Gasteiger partial charge in [-0.15, -0.1) is 0 Å². The van der Waals surface area contributed by atoms with Crippen molar-refractivity contribution in [1.29, 1.82) is 0 Å². The van der Waals surface area contributed by atoms with E-state index in [1.165, 1.54) is 26.9 Å². The molecular formula is C18H20BrNO. The molecule has 3 rings (SSSR count). The molecule has 1 N–H and O–H groups in total. The zero-order valence-electron chi connectivity index (χ0n) is 12.2. The highest BCUT2D eigenvalue weighted by Crippen LogP contribution is 2.36. The quantitative estimate of drug-likeness (QED) is 0.845. The van der Waals surface area contributed by atoms with Gasteiger partial charge in [-0.1, -0.05) is 40.2 Å². The number of rotatable bonds is 5. The van der Waals surface area contributed by atoms with Crippen molar-refractivity contribution >= 4 is 21.6 Å². The second-order valence-corrected chi connectivity index (χ2v) is 6.39. The Hall–Kier alpha value is -1.32. The Balaban J connectivity index is 1.80. The molecule has 110 valence electrons. The Labute approximate surface area is 134 Å². The Kier molecular flexibility index (Phi) is 4.61. The van der Waals surface area contributed by atoms with E-state index in [1.54, 1.807) is 7.11 Å². The maximum absolute atomic E-state index is 5.21. The molecule has 0 fully saturated rings. The second-order valence-electron chi connectivity index (χ2n) is 5.48. The van der Waals surface area contributed by atoms with E-state index in [4.69, 9.17) is 4.74 Å². The van der Waals surface area contributed by atoms with Crippen LogP contribution in [0.5, 0.6) is 0 Å². The van der Waals surface area contributed by atoms with E-state index >= 15 is 0 Å². The van der Waals surface area contributed by atoms with Gasteiger partial charge in [-0.2, -0.15) is 0 Å². The third kappa shape index (κ3) is 3.30. The molecule has 3 heteroatoms. The molecule has 0 radical (unpaired) electrons. The number of anilines is 1. The largest absolute Gasteiger partial charge is 0.384 e. The molecule has 0 saturated heterocycles. The molecule has 0 heterocycles. The first-order chi connectivity index (χ1) is 10.3. The summed E-state index contributed by atoms with van der Waals surface area (Å²) in [5.41, 5.74) is 5.44. The van der Waals surface area contributed by atoms with Crippen molar-refractivity contribution < 1.29 is 4.74 Å². The summed E-state index contributed by atoms with van der Waals surface area (Å²) in [6, 6.07) is 15.6. The maximum atomic E-state index is 5.21. The molecule has 0 bridgehead atoms. The highest BCUT2D eigenvalue weighted by molar-refractivity contribution is 9.10. The minimum Gasteiger partial charge on any atom is -0.384 e. The van der Waals surface area contributed by atoms with Gasteiger partial charge < -0.3 is 10.1 Å². The smallest absolute Gasteiger partial charge is 0.0519 e. The molecule has 1 unspecified atom stereocenters. The van der Waals surface area contributed by atoms with Crippen molar-refractivity contribution in [3.63, 3.8) is 0 Å². The van der Waals surface area contributed by atoms with Crippen molar-refractivity contribution in [2.75, 3.05) is 19.0 Å². The van der Waals surface area contributed by atoms with Crippen LogP contribution in [-0.2, 0) is 17.6 Å². The highest BCUT2D eigenvalue weighted by atomic mass is 79.9. The van der Waals surface area contributed by atoms with E-state index in [9.17, 15) is 0 Å². The number of aryl methyl sites for hydroxylation is 1. The zero-order valence-corrected chi connectivity index (χ0v) is 13.8. The van der Waals surface area contributed by atoms with Crippen LogP contribution in [0.15, 0.2) is 46.9 Å². The first-order valence-corrected chi connectivity index (χ1v) is 8.19. The van der Waals surface area contributed by atoms with Crippen LogP contribution in [0.25, 0.3) is 0 Å². The fourth-order valence-electron chi connectivity index (χ4n) is 3.01. The monoisotopic (exact) mass is 345 g/mol. The van der Waals surface area contributed by atoms with Gasteiger partial charge in [0.05, 0.1) is 12.6 Å². The zero-order chi connectivity index (χ0) is 14.7. The molecule has 0 aromatic heterocycles. The average Bonchev–Trinajstić information content (AvgIpc) is 2.88. The number of methoxy groups -OCH3 is 1. The molecule has 2 aromatic carbocycles. The van der Waals surface area contributed by atoms with Crippen molar-refractivity contribution in [3.05, 3.63) is 63.6 Å². The predicted molar refractivity (Wildman–Crippen MR) is 90.8 cm³/mol. The molecular weight excluding hydrogens is 326 g/mol. The lowest BCUT2D eigenvalue weighted by atomic mass is 10.1. The third-order valence-electron chi connectivity index (χ3n) is 4.11. The van der Waals surface area contributed by atoms with Crippen LogP contribution < -0.4 is 5.32 Å². The SMILES string of the molecule is COCCc1ccccc1NC1CCc2cc(Br)ccc21. The lowest BCUT2D eigenvalue weighted by Crippen LogP contribution is -2.09.